The molecule has 4 heterocycles. The van der Waals surface area contributed by atoms with Crippen molar-refractivity contribution in [1.29, 1.82) is 0 Å². The molecule has 0 saturated carbocycles. The standard InChI is InChI=1S/C24H22N4O3S/c1-14-3-9-18-20(11-14)32-24-21(18)23-26-22(27-28(23)13-25-24)19-10-8-17(31-19)12-30-16-6-4-15(29-2)5-7-16/h4-8,10,13-14H,3,9,11-12H2,1-2H3/t14-/m0/s1. The van der Waals surface area contributed by atoms with Crippen LogP contribution in [0.5, 0.6) is 11.5 Å². The average Bonchev–Trinajstić information content (AvgIpc) is 3.53. The molecule has 1 aromatic carbocycles. The zero-order chi connectivity index (χ0) is 21.7. The number of aromatic nitrogens is 4. The summed E-state index contributed by atoms with van der Waals surface area (Å²) < 4.78 is 18.7. The molecule has 6 rings (SSSR count). The summed E-state index contributed by atoms with van der Waals surface area (Å²) in [7, 11) is 1.64. The SMILES string of the molecule is COc1ccc(OCc2ccc(-c3nc4c5c6c(sc5ncn4n3)C[C@@H](C)CC6)o2)cc1. The maximum atomic E-state index is 5.98. The predicted molar refractivity (Wildman–Crippen MR) is 122 cm³/mol. The predicted octanol–water partition coefficient (Wildman–Crippen LogP) is 5.31. The highest BCUT2D eigenvalue weighted by Crippen LogP contribution is 2.39. The van der Waals surface area contributed by atoms with Crippen molar-refractivity contribution >= 4 is 27.2 Å². The fourth-order valence-electron chi connectivity index (χ4n) is 4.25. The number of hydrogen-bond acceptors (Lipinski definition) is 7. The van der Waals surface area contributed by atoms with E-state index in [1.54, 1.807) is 29.3 Å². The molecular formula is C24H22N4O3S. The van der Waals surface area contributed by atoms with E-state index in [0.29, 0.717) is 24.0 Å². The van der Waals surface area contributed by atoms with E-state index < -0.39 is 0 Å². The third-order valence-corrected chi connectivity index (χ3v) is 7.12. The molecule has 0 amide bonds. The fraction of sp³-hybridized carbons (Fsp3) is 0.292. The van der Waals surface area contributed by atoms with Crippen LogP contribution in [0.1, 0.15) is 29.5 Å². The molecule has 0 radical (unpaired) electrons. The van der Waals surface area contributed by atoms with Crippen LogP contribution in [0.15, 0.2) is 47.1 Å². The lowest BCUT2D eigenvalue weighted by Gasteiger charge is -2.17. The number of rotatable bonds is 5. The molecule has 4 aromatic heterocycles. The van der Waals surface area contributed by atoms with Crippen molar-refractivity contribution in [2.45, 2.75) is 32.8 Å². The van der Waals surface area contributed by atoms with Crippen molar-refractivity contribution < 1.29 is 13.9 Å². The average molecular weight is 447 g/mol. The number of hydrogen-bond donors (Lipinski definition) is 0. The topological polar surface area (TPSA) is 74.7 Å². The van der Waals surface area contributed by atoms with Crippen LogP contribution in [0.4, 0.5) is 0 Å². The largest absolute Gasteiger partial charge is 0.497 e. The van der Waals surface area contributed by atoms with Crippen molar-refractivity contribution in [3.8, 4) is 23.1 Å². The summed E-state index contributed by atoms with van der Waals surface area (Å²) in [6, 6.07) is 11.2. The lowest BCUT2D eigenvalue weighted by molar-refractivity contribution is 0.271. The quantitative estimate of drug-likeness (QED) is 0.364. The molecule has 32 heavy (non-hydrogen) atoms. The number of furan rings is 1. The minimum atomic E-state index is 0.321. The van der Waals surface area contributed by atoms with Gasteiger partial charge < -0.3 is 13.9 Å². The van der Waals surface area contributed by atoms with Gasteiger partial charge in [0.1, 0.15) is 35.0 Å². The van der Waals surface area contributed by atoms with Gasteiger partial charge in [-0.25, -0.2) is 14.5 Å². The number of ether oxygens (including phenoxy) is 2. The Bertz CT molecular complexity index is 1420. The Labute approximate surface area is 188 Å². The highest BCUT2D eigenvalue weighted by molar-refractivity contribution is 7.19. The monoisotopic (exact) mass is 446 g/mol. The third-order valence-electron chi connectivity index (χ3n) is 5.95. The van der Waals surface area contributed by atoms with Crippen LogP contribution in [-0.2, 0) is 19.4 Å². The first kappa shape index (κ1) is 19.3. The molecule has 0 saturated heterocycles. The molecular weight excluding hydrogens is 424 g/mol. The first-order valence-electron chi connectivity index (χ1n) is 10.7. The van der Waals surface area contributed by atoms with E-state index in [0.717, 1.165) is 46.1 Å². The van der Waals surface area contributed by atoms with Gasteiger partial charge >= 0.3 is 0 Å². The molecule has 5 aromatic rings. The lowest BCUT2D eigenvalue weighted by Crippen LogP contribution is -2.08. The van der Waals surface area contributed by atoms with Gasteiger partial charge in [-0.1, -0.05) is 6.92 Å². The van der Waals surface area contributed by atoms with E-state index in [1.807, 2.05) is 36.4 Å². The molecule has 0 bridgehead atoms. The highest BCUT2D eigenvalue weighted by Gasteiger charge is 2.24. The number of benzene rings is 1. The second-order valence-corrected chi connectivity index (χ2v) is 9.29. The van der Waals surface area contributed by atoms with Gasteiger partial charge in [0.15, 0.2) is 11.4 Å². The van der Waals surface area contributed by atoms with E-state index in [2.05, 4.69) is 17.0 Å². The summed E-state index contributed by atoms with van der Waals surface area (Å²) in [5.41, 5.74) is 2.25. The van der Waals surface area contributed by atoms with E-state index in [-0.39, 0.29) is 0 Å². The van der Waals surface area contributed by atoms with Gasteiger partial charge in [-0.3, -0.25) is 0 Å². The number of nitrogens with zero attached hydrogens (tertiary/aromatic N) is 4. The fourth-order valence-corrected chi connectivity index (χ4v) is 5.59. The normalized spacial score (nSPS) is 15.9. The maximum Gasteiger partial charge on any atom is 0.217 e. The number of methoxy groups -OCH3 is 1. The minimum Gasteiger partial charge on any atom is -0.497 e. The van der Waals surface area contributed by atoms with Crippen molar-refractivity contribution in [3.05, 3.63) is 58.9 Å². The van der Waals surface area contributed by atoms with Crippen LogP contribution in [-0.4, -0.2) is 26.7 Å². The van der Waals surface area contributed by atoms with Crippen LogP contribution in [0.2, 0.25) is 0 Å². The summed E-state index contributed by atoms with van der Waals surface area (Å²) in [4.78, 5) is 12.0. The zero-order valence-electron chi connectivity index (χ0n) is 17.9. The van der Waals surface area contributed by atoms with Crippen LogP contribution >= 0.6 is 11.3 Å². The molecule has 0 aliphatic heterocycles. The Hall–Kier alpha value is -3.39. The Kier molecular flexibility index (Phi) is 4.61. The molecule has 0 spiro atoms. The van der Waals surface area contributed by atoms with Crippen molar-refractivity contribution in [2.75, 3.05) is 7.11 Å². The molecule has 1 atom stereocenters. The molecule has 0 unspecified atom stereocenters. The lowest BCUT2D eigenvalue weighted by atomic mass is 9.89. The van der Waals surface area contributed by atoms with E-state index in [1.165, 1.54) is 16.9 Å². The van der Waals surface area contributed by atoms with Gasteiger partial charge in [-0.15, -0.1) is 16.4 Å². The maximum absolute atomic E-state index is 5.98. The Morgan fingerprint density at radius 1 is 1.16 bits per heavy atom. The van der Waals surface area contributed by atoms with Gasteiger partial charge in [0.2, 0.25) is 5.82 Å². The summed E-state index contributed by atoms with van der Waals surface area (Å²) in [6.07, 6.45) is 5.15. The van der Waals surface area contributed by atoms with Crippen molar-refractivity contribution in [3.63, 3.8) is 0 Å². The van der Waals surface area contributed by atoms with Crippen LogP contribution < -0.4 is 9.47 Å². The van der Waals surface area contributed by atoms with Gasteiger partial charge in [-0.05, 0) is 67.1 Å². The summed E-state index contributed by atoms with van der Waals surface area (Å²) in [5.74, 6) is 4.15. The number of aryl methyl sites for hydroxylation is 1. The van der Waals surface area contributed by atoms with Crippen LogP contribution in [0.25, 0.3) is 27.4 Å². The smallest absolute Gasteiger partial charge is 0.217 e. The van der Waals surface area contributed by atoms with E-state index in [9.17, 15) is 0 Å². The Balaban J connectivity index is 1.28. The van der Waals surface area contributed by atoms with Gasteiger partial charge in [0.05, 0.1) is 12.5 Å². The molecule has 162 valence electrons. The second kappa shape index (κ2) is 7.63. The van der Waals surface area contributed by atoms with Crippen LogP contribution in [0, 0.1) is 5.92 Å². The molecule has 0 fully saturated rings. The van der Waals surface area contributed by atoms with E-state index >= 15 is 0 Å². The zero-order valence-corrected chi connectivity index (χ0v) is 18.7. The number of fused-ring (bicyclic) bond motifs is 5. The number of thiophene rings is 1. The summed E-state index contributed by atoms with van der Waals surface area (Å²) in [5, 5.41) is 5.77. The van der Waals surface area contributed by atoms with Crippen molar-refractivity contribution in [1.82, 2.24) is 19.6 Å². The van der Waals surface area contributed by atoms with Gasteiger partial charge in [0, 0.05) is 4.88 Å². The first-order valence-corrected chi connectivity index (χ1v) is 11.5. The summed E-state index contributed by atoms with van der Waals surface area (Å²) >= 11 is 1.79. The van der Waals surface area contributed by atoms with Crippen LogP contribution in [0.3, 0.4) is 0 Å². The first-order chi connectivity index (χ1) is 15.7. The van der Waals surface area contributed by atoms with Crippen molar-refractivity contribution in [2.24, 2.45) is 5.92 Å². The minimum absolute atomic E-state index is 0.321. The Morgan fingerprint density at radius 3 is 2.84 bits per heavy atom. The molecule has 8 heteroatoms. The molecule has 0 N–H and O–H groups in total. The van der Waals surface area contributed by atoms with Gasteiger partial charge in [0.25, 0.3) is 0 Å². The molecule has 1 aliphatic rings. The highest BCUT2D eigenvalue weighted by atomic mass is 32.1. The molecule has 7 nitrogen and oxygen atoms in total. The van der Waals surface area contributed by atoms with E-state index in [4.69, 9.17) is 18.9 Å². The summed E-state index contributed by atoms with van der Waals surface area (Å²) in [6.45, 7) is 2.64. The third kappa shape index (κ3) is 3.31. The second-order valence-electron chi connectivity index (χ2n) is 8.21. The molecule has 1 aliphatic carbocycles. The Morgan fingerprint density at radius 2 is 2.00 bits per heavy atom. The van der Waals surface area contributed by atoms with Gasteiger partial charge in [-0.2, -0.15) is 0 Å².